The molecule has 0 spiro atoms. The van der Waals surface area contributed by atoms with Crippen LogP contribution in [-0.2, 0) is 16.0 Å². The van der Waals surface area contributed by atoms with E-state index in [1.807, 2.05) is 0 Å². The van der Waals surface area contributed by atoms with Gasteiger partial charge in [0.2, 0.25) is 5.91 Å². The number of amides is 2. The molecule has 2 aromatic carbocycles. The maximum absolute atomic E-state index is 13.7. The zero-order valence-corrected chi connectivity index (χ0v) is 16.9. The average Bonchev–Trinajstić information content (AvgIpc) is 2.73. The number of hydrogen-bond donors (Lipinski definition) is 1. The van der Waals surface area contributed by atoms with Gasteiger partial charge in [-0.3, -0.25) is 14.4 Å². The van der Waals surface area contributed by atoms with Gasteiger partial charge >= 0.3 is 5.97 Å². The molecule has 0 atom stereocenters. The number of esters is 1. The summed E-state index contributed by atoms with van der Waals surface area (Å²) >= 11 is 0. The molecule has 1 fully saturated rings. The third-order valence-corrected chi connectivity index (χ3v) is 5.18. The summed E-state index contributed by atoms with van der Waals surface area (Å²) in [5.74, 6) is -0.517. The fraction of sp³-hybridized carbons (Fsp3) is 0.348. The normalized spacial score (nSPS) is 14.3. The lowest BCUT2D eigenvalue weighted by Gasteiger charge is -2.32. The van der Waals surface area contributed by atoms with E-state index in [9.17, 15) is 18.8 Å². The van der Waals surface area contributed by atoms with Crippen LogP contribution < -0.4 is 10.1 Å². The van der Waals surface area contributed by atoms with Crippen molar-refractivity contribution >= 4 is 17.8 Å². The van der Waals surface area contributed by atoms with Crippen molar-refractivity contribution in [3.63, 3.8) is 0 Å². The zero-order valence-electron chi connectivity index (χ0n) is 16.9. The number of halogens is 1. The van der Waals surface area contributed by atoms with Gasteiger partial charge in [0.15, 0.2) is 0 Å². The van der Waals surface area contributed by atoms with Crippen molar-refractivity contribution in [2.24, 2.45) is 5.92 Å². The van der Waals surface area contributed by atoms with Crippen molar-refractivity contribution in [1.29, 1.82) is 0 Å². The molecule has 1 saturated heterocycles. The summed E-state index contributed by atoms with van der Waals surface area (Å²) in [7, 11) is 0. The maximum Gasteiger partial charge on any atom is 0.308 e. The SMILES string of the molecule is CC(=O)Oc1cccc(C(=O)NCC2CCN(C(=O)Cc3ccccc3F)CC2)c1. The minimum absolute atomic E-state index is 0.0623. The lowest BCUT2D eigenvalue weighted by atomic mass is 9.96. The summed E-state index contributed by atoms with van der Waals surface area (Å²) in [6, 6.07) is 12.8. The Bertz CT molecular complexity index is 923. The number of rotatable bonds is 6. The monoisotopic (exact) mass is 412 g/mol. The maximum atomic E-state index is 13.7. The molecule has 1 N–H and O–H groups in total. The standard InChI is InChI=1S/C23H25FN2O4/c1-16(27)30-20-7-4-6-19(13-20)23(29)25-15-17-9-11-26(12-10-17)22(28)14-18-5-2-3-8-21(18)24/h2-8,13,17H,9-12,14-15H2,1H3,(H,25,29). The highest BCUT2D eigenvalue weighted by molar-refractivity contribution is 5.94. The second-order valence-corrected chi connectivity index (χ2v) is 7.42. The first kappa shape index (κ1) is 21.5. The van der Waals surface area contributed by atoms with Crippen LogP contribution in [0.25, 0.3) is 0 Å². The van der Waals surface area contributed by atoms with E-state index in [4.69, 9.17) is 4.74 Å². The molecule has 1 aliphatic rings. The first-order valence-electron chi connectivity index (χ1n) is 10.00. The number of carbonyl (C=O) groups excluding carboxylic acids is 3. The fourth-order valence-electron chi connectivity index (χ4n) is 3.51. The Morgan fingerprint density at radius 1 is 1.10 bits per heavy atom. The molecule has 3 rings (SSSR count). The molecule has 30 heavy (non-hydrogen) atoms. The van der Waals surface area contributed by atoms with E-state index in [2.05, 4.69) is 5.32 Å². The summed E-state index contributed by atoms with van der Waals surface area (Å²) < 4.78 is 18.8. The number of carbonyl (C=O) groups is 3. The van der Waals surface area contributed by atoms with Crippen LogP contribution in [0.4, 0.5) is 4.39 Å². The van der Waals surface area contributed by atoms with Crippen molar-refractivity contribution in [2.75, 3.05) is 19.6 Å². The number of piperidine rings is 1. The average molecular weight is 412 g/mol. The van der Waals surface area contributed by atoms with Crippen LogP contribution in [0.3, 0.4) is 0 Å². The van der Waals surface area contributed by atoms with Gasteiger partial charge in [-0.2, -0.15) is 0 Å². The van der Waals surface area contributed by atoms with Gasteiger partial charge in [0, 0.05) is 32.1 Å². The van der Waals surface area contributed by atoms with Crippen LogP contribution in [-0.4, -0.2) is 42.3 Å². The van der Waals surface area contributed by atoms with E-state index < -0.39 is 5.97 Å². The van der Waals surface area contributed by atoms with Gasteiger partial charge < -0.3 is 15.0 Å². The molecule has 2 aromatic rings. The van der Waals surface area contributed by atoms with E-state index in [-0.39, 0.29) is 30.0 Å². The first-order valence-corrected chi connectivity index (χ1v) is 10.00. The second-order valence-electron chi connectivity index (χ2n) is 7.42. The molecular weight excluding hydrogens is 387 g/mol. The van der Waals surface area contributed by atoms with Gasteiger partial charge in [-0.25, -0.2) is 4.39 Å². The molecule has 1 heterocycles. The molecule has 6 nitrogen and oxygen atoms in total. The Morgan fingerprint density at radius 2 is 1.83 bits per heavy atom. The Hall–Kier alpha value is -3.22. The van der Waals surface area contributed by atoms with Crippen molar-refractivity contribution in [2.45, 2.75) is 26.2 Å². The van der Waals surface area contributed by atoms with Crippen molar-refractivity contribution in [3.05, 3.63) is 65.5 Å². The van der Waals surface area contributed by atoms with Gasteiger partial charge in [-0.1, -0.05) is 24.3 Å². The Kier molecular flexibility index (Phi) is 7.17. The predicted molar refractivity (Wildman–Crippen MR) is 109 cm³/mol. The third-order valence-electron chi connectivity index (χ3n) is 5.18. The smallest absolute Gasteiger partial charge is 0.308 e. The van der Waals surface area contributed by atoms with E-state index in [1.54, 1.807) is 41.3 Å². The molecule has 0 aromatic heterocycles. The van der Waals surface area contributed by atoms with Gasteiger partial charge in [-0.05, 0) is 48.6 Å². The Balaban J connectivity index is 1.44. The van der Waals surface area contributed by atoms with Crippen molar-refractivity contribution in [3.8, 4) is 5.75 Å². The summed E-state index contributed by atoms with van der Waals surface area (Å²) in [6.07, 6.45) is 1.61. The molecule has 0 unspecified atom stereocenters. The molecule has 0 radical (unpaired) electrons. The van der Waals surface area contributed by atoms with Crippen LogP contribution in [0, 0.1) is 11.7 Å². The van der Waals surface area contributed by atoms with Gasteiger partial charge in [0.1, 0.15) is 11.6 Å². The highest BCUT2D eigenvalue weighted by Crippen LogP contribution is 2.19. The molecule has 2 amide bonds. The van der Waals surface area contributed by atoms with Crippen LogP contribution in [0.1, 0.15) is 35.7 Å². The number of nitrogens with zero attached hydrogens (tertiary/aromatic N) is 1. The van der Waals surface area contributed by atoms with Crippen LogP contribution in [0.15, 0.2) is 48.5 Å². The zero-order chi connectivity index (χ0) is 21.5. The van der Waals surface area contributed by atoms with Gasteiger partial charge in [0.05, 0.1) is 6.42 Å². The Labute approximate surface area is 175 Å². The summed E-state index contributed by atoms with van der Waals surface area (Å²) in [4.78, 5) is 37.6. The summed E-state index contributed by atoms with van der Waals surface area (Å²) in [5, 5.41) is 2.91. The molecule has 0 aliphatic carbocycles. The fourth-order valence-corrected chi connectivity index (χ4v) is 3.51. The minimum atomic E-state index is -0.441. The molecule has 7 heteroatoms. The first-order chi connectivity index (χ1) is 14.4. The third kappa shape index (κ3) is 5.89. The van der Waals surface area contributed by atoms with Crippen LogP contribution >= 0.6 is 0 Å². The molecule has 158 valence electrons. The number of ether oxygens (including phenoxy) is 1. The highest BCUT2D eigenvalue weighted by atomic mass is 19.1. The number of hydrogen-bond acceptors (Lipinski definition) is 4. The van der Waals surface area contributed by atoms with E-state index in [0.717, 1.165) is 12.8 Å². The summed E-state index contributed by atoms with van der Waals surface area (Å²) in [5.41, 5.74) is 0.833. The lowest BCUT2D eigenvalue weighted by molar-refractivity contribution is -0.132. The quantitative estimate of drug-likeness (QED) is 0.585. The highest BCUT2D eigenvalue weighted by Gasteiger charge is 2.24. The number of nitrogens with one attached hydrogen (secondary N) is 1. The lowest BCUT2D eigenvalue weighted by Crippen LogP contribution is -2.42. The van der Waals surface area contributed by atoms with Gasteiger partial charge in [0.25, 0.3) is 5.91 Å². The molecule has 0 saturated carbocycles. The minimum Gasteiger partial charge on any atom is -0.427 e. The van der Waals surface area contributed by atoms with Crippen LogP contribution in [0.5, 0.6) is 5.75 Å². The Morgan fingerprint density at radius 3 is 2.53 bits per heavy atom. The predicted octanol–water partition coefficient (Wildman–Crippen LogP) is 2.96. The molecule has 0 bridgehead atoms. The van der Waals surface area contributed by atoms with E-state index >= 15 is 0 Å². The van der Waals surface area contributed by atoms with Crippen molar-refractivity contribution in [1.82, 2.24) is 10.2 Å². The van der Waals surface area contributed by atoms with E-state index in [1.165, 1.54) is 19.1 Å². The second kappa shape index (κ2) is 10.0. The largest absolute Gasteiger partial charge is 0.427 e. The summed E-state index contributed by atoms with van der Waals surface area (Å²) in [6.45, 7) is 3.00. The van der Waals surface area contributed by atoms with Crippen molar-refractivity contribution < 1.29 is 23.5 Å². The topological polar surface area (TPSA) is 75.7 Å². The number of likely N-dealkylation sites (tertiary alicyclic amines) is 1. The molecular formula is C23H25FN2O4. The van der Waals surface area contributed by atoms with Gasteiger partial charge in [-0.15, -0.1) is 0 Å². The molecule has 1 aliphatic heterocycles. The number of benzene rings is 2. The van der Waals surface area contributed by atoms with E-state index in [0.29, 0.717) is 36.5 Å². The van der Waals surface area contributed by atoms with Crippen LogP contribution in [0.2, 0.25) is 0 Å².